The van der Waals surface area contributed by atoms with Gasteiger partial charge in [0.15, 0.2) is 0 Å². The summed E-state index contributed by atoms with van der Waals surface area (Å²) in [6, 6.07) is 45.3. The van der Waals surface area contributed by atoms with Crippen LogP contribution in [0.2, 0.25) is 0 Å². The molecule has 0 saturated carbocycles. The van der Waals surface area contributed by atoms with Crippen LogP contribution >= 0.6 is 0 Å². The number of nitrogens with zero attached hydrogens (tertiary/aromatic N) is 6. The third kappa shape index (κ3) is 5.08. The molecule has 7 aromatic rings. The molecule has 1 radical (unpaired) electrons. The second-order valence-corrected chi connectivity index (χ2v) is 10.4. The molecule has 9 rings (SSSR count). The Morgan fingerprint density at radius 3 is 2.13 bits per heavy atom. The summed E-state index contributed by atoms with van der Waals surface area (Å²) >= 11 is 0. The monoisotopic (exact) mass is 763 g/mol. The zero-order valence-corrected chi connectivity index (χ0v) is 26.6. The molecule has 2 aromatic heterocycles. The molecule has 7 nitrogen and oxygen atoms in total. The predicted molar refractivity (Wildman–Crippen MR) is 176 cm³/mol. The van der Waals surface area contributed by atoms with Crippen molar-refractivity contribution in [2.24, 2.45) is 0 Å². The maximum Gasteiger partial charge on any atom is 0.143 e. The van der Waals surface area contributed by atoms with Crippen LogP contribution < -0.4 is 19.6 Å². The van der Waals surface area contributed by atoms with Gasteiger partial charge in [0.2, 0.25) is 0 Å². The number of aromatic nitrogens is 2. The molecular formula is C37H26IrN6O-4. The van der Waals surface area contributed by atoms with E-state index < -0.39 is 0 Å². The maximum absolute atomic E-state index is 6.24. The first-order valence-electron chi connectivity index (χ1n) is 14.3. The second kappa shape index (κ2) is 12.1. The van der Waals surface area contributed by atoms with E-state index in [4.69, 9.17) is 4.42 Å². The maximum atomic E-state index is 6.24. The van der Waals surface area contributed by atoms with Crippen LogP contribution in [0.3, 0.4) is 0 Å². The summed E-state index contributed by atoms with van der Waals surface area (Å²) in [5, 5.41) is 2.23. The van der Waals surface area contributed by atoms with Gasteiger partial charge < -0.3 is 24.0 Å². The Bertz CT molecular complexity index is 2080. The molecule has 4 heterocycles. The van der Waals surface area contributed by atoms with Crippen molar-refractivity contribution in [3.05, 3.63) is 153 Å². The largest absolute Gasteiger partial charge is 0.514 e. The molecule has 0 aliphatic carbocycles. The average molecular weight is 763 g/mol. The number of para-hydroxylation sites is 5. The van der Waals surface area contributed by atoms with Crippen LogP contribution in [0.5, 0.6) is 0 Å². The summed E-state index contributed by atoms with van der Waals surface area (Å²) in [6.07, 6.45) is 3.39. The van der Waals surface area contributed by atoms with Crippen molar-refractivity contribution >= 4 is 62.0 Å². The Kier molecular flexibility index (Phi) is 7.67. The Balaban J connectivity index is 0.000000163. The first-order chi connectivity index (χ1) is 21.8. The van der Waals surface area contributed by atoms with Crippen LogP contribution in [0.25, 0.3) is 21.9 Å². The molecule has 8 heteroatoms. The Hall–Kier alpha value is -5.17. The van der Waals surface area contributed by atoms with E-state index in [0.29, 0.717) is 0 Å². The minimum Gasteiger partial charge on any atom is -0.514 e. The number of rotatable bonds is 3. The molecule has 2 aliphatic heterocycles. The third-order valence-corrected chi connectivity index (χ3v) is 7.69. The van der Waals surface area contributed by atoms with E-state index in [9.17, 15) is 0 Å². The summed E-state index contributed by atoms with van der Waals surface area (Å²) in [7, 11) is 1.95. The van der Waals surface area contributed by atoms with Crippen LogP contribution in [0, 0.1) is 25.5 Å². The number of fused-ring (bicyclic) bond motifs is 5. The van der Waals surface area contributed by atoms with E-state index >= 15 is 0 Å². The SMILES string of the molecule is CN1[CH-]N(c2[c-]cccc2)c2nccnc21.[Ir].[c-]1ccc2c(oc3ccccc32)c1N1[CH-]N(c2ccccc2)c2ccccc21. The van der Waals surface area contributed by atoms with Gasteiger partial charge in [0.05, 0.1) is 0 Å². The van der Waals surface area contributed by atoms with Crippen LogP contribution in [-0.4, -0.2) is 17.0 Å². The molecule has 0 N–H and O–H groups in total. The molecule has 0 unspecified atom stereocenters. The van der Waals surface area contributed by atoms with Gasteiger partial charge >= 0.3 is 0 Å². The van der Waals surface area contributed by atoms with Gasteiger partial charge in [0, 0.05) is 60.5 Å². The molecule has 5 aromatic carbocycles. The van der Waals surface area contributed by atoms with E-state index in [1.807, 2.05) is 78.1 Å². The van der Waals surface area contributed by atoms with Crippen LogP contribution in [0.1, 0.15) is 0 Å². The quantitative estimate of drug-likeness (QED) is 0.167. The van der Waals surface area contributed by atoms with Crippen LogP contribution in [0.15, 0.2) is 132 Å². The zero-order chi connectivity index (χ0) is 29.5. The van der Waals surface area contributed by atoms with Gasteiger partial charge in [-0.15, -0.1) is 19.0 Å². The van der Waals surface area contributed by atoms with Gasteiger partial charge in [-0.25, -0.2) is 9.97 Å². The van der Waals surface area contributed by atoms with Crippen LogP contribution in [0.4, 0.5) is 40.1 Å². The number of hydrogen-bond donors (Lipinski definition) is 0. The fourth-order valence-corrected chi connectivity index (χ4v) is 5.67. The van der Waals surface area contributed by atoms with Crippen molar-refractivity contribution in [1.82, 2.24) is 9.97 Å². The first-order valence-corrected chi connectivity index (χ1v) is 14.3. The molecule has 0 atom stereocenters. The van der Waals surface area contributed by atoms with Crippen molar-refractivity contribution in [3.63, 3.8) is 0 Å². The molecule has 45 heavy (non-hydrogen) atoms. The van der Waals surface area contributed by atoms with E-state index in [-0.39, 0.29) is 20.1 Å². The zero-order valence-electron chi connectivity index (χ0n) is 24.2. The molecule has 0 saturated heterocycles. The van der Waals surface area contributed by atoms with E-state index in [1.54, 1.807) is 12.4 Å². The fraction of sp³-hybridized carbons (Fsp3) is 0.0270. The smallest absolute Gasteiger partial charge is 0.143 e. The van der Waals surface area contributed by atoms with Gasteiger partial charge in [-0.05, 0) is 37.4 Å². The number of furan rings is 1. The van der Waals surface area contributed by atoms with Crippen molar-refractivity contribution in [3.8, 4) is 0 Å². The van der Waals surface area contributed by atoms with Crippen molar-refractivity contribution < 1.29 is 24.5 Å². The summed E-state index contributed by atoms with van der Waals surface area (Å²) < 4.78 is 6.24. The number of benzene rings is 5. The average Bonchev–Trinajstić information content (AvgIpc) is 3.78. The summed E-state index contributed by atoms with van der Waals surface area (Å²) in [4.78, 5) is 16.9. The van der Waals surface area contributed by atoms with Crippen molar-refractivity contribution in [2.75, 3.05) is 26.6 Å². The van der Waals surface area contributed by atoms with Gasteiger partial charge in [-0.1, -0.05) is 59.6 Å². The molecule has 223 valence electrons. The van der Waals surface area contributed by atoms with Gasteiger partial charge in [0.25, 0.3) is 0 Å². The number of anilines is 7. The minimum atomic E-state index is 0. The Morgan fingerprint density at radius 1 is 0.622 bits per heavy atom. The van der Waals surface area contributed by atoms with E-state index in [0.717, 1.165) is 62.0 Å². The standard InChI is InChI=1S/C25H16N2O.C12H10N4.Ir/c1-2-9-18(10-3-1)26-17-27(22-14-6-5-13-21(22)26)23-15-8-12-20-19-11-4-7-16-24(19)28-25(20)23;1-15-9-16(10-5-3-2-4-6-10)12-11(15)13-7-8-14-12;/h1-14,16-17H;2-5,7-9H,1H3;/q2*-2;. The summed E-state index contributed by atoms with van der Waals surface area (Å²) in [6.45, 7) is 4.06. The van der Waals surface area contributed by atoms with Gasteiger partial charge in [-0.3, -0.25) is 0 Å². The van der Waals surface area contributed by atoms with Crippen molar-refractivity contribution in [2.45, 2.75) is 0 Å². The second-order valence-electron chi connectivity index (χ2n) is 10.4. The van der Waals surface area contributed by atoms with Crippen molar-refractivity contribution in [1.29, 1.82) is 0 Å². The van der Waals surface area contributed by atoms with E-state index in [1.165, 1.54) is 0 Å². The predicted octanol–water partition coefficient (Wildman–Crippen LogP) is 8.78. The first kappa shape index (κ1) is 28.6. The van der Waals surface area contributed by atoms with Gasteiger partial charge in [-0.2, -0.15) is 48.5 Å². The molecular weight excluding hydrogens is 737 g/mol. The summed E-state index contributed by atoms with van der Waals surface area (Å²) in [5.41, 5.74) is 6.99. The van der Waals surface area contributed by atoms with Crippen LogP contribution in [-0.2, 0) is 20.1 Å². The molecule has 2 aliphatic rings. The molecule has 0 bridgehead atoms. The van der Waals surface area contributed by atoms with E-state index in [2.05, 4.69) is 99.2 Å². The Labute approximate surface area is 275 Å². The third-order valence-electron chi connectivity index (χ3n) is 7.69. The molecule has 0 spiro atoms. The molecule has 0 fully saturated rings. The molecule has 0 amide bonds. The topological polar surface area (TPSA) is 51.9 Å². The number of hydrogen-bond acceptors (Lipinski definition) is 7. The Morgan fingerprint density at radius 2 is 1.33 bits per heavy atom. The normalized spacial score (nSPS) is 13.4. The fourth-order valence-electron chi connectivity index (χ4n) is 5.67. The van der Waals surface area contributed by atoms with Gasteiger partial charge in [0.1, 0.15) is 17.2 Å². The minimum absolute atomic E-state index is 0. The summed E-state index contributed by atoms with van der Waals surface area (Å²) in [5.74, 6) is 1.70.